The highest BCUT2D eigenvalue weighted by Gasteiger charge is 2.28. The van der Waals surface area contributed by atoms with Gasteiger partial charge >= 0.3 is 5.97 Å². The minimum atomic E-state index is -1.03. The van der Waals surface area contributed by atoms with E-state index >= 15 is 0 Å². The molecule has 126 valence electrons. The van der Waals surface area contributed by atoms with Gasteiger partial charge in [0.1, 0.15) is 13.2 Å². The third-order valence-corrected chi connectivity index (χ3v) is 3.40. The molecule has 0 radical (unpaired) electrons. The van der Waals surface area contributed by atoms with E-state index in [4.69, 9.17) is 19.3 Å². The van der Waals surface area contributed by atoms with E-state index in [2.05, 4.69) is 5.32 Å². The molecule has 7 nitrogen and oxygen atoms in total. The van der Waals surface area contributed by atoms with Crippen LogP contribution in [0.2, 0.25) is 0 Å². The number of ether oxygens (including phenoxy) is 3. The van der Waals surface area contributed by atoms with Crippen molar-refractivity contribution < 1.29 is 28.9 Å². The zero-order valence-corrected chi connectivity index (χ0v) is 12.8. The molecule has 1 heterocycles. The molecule has 0 saturated carbocycles. The number of carboxylic acids is 1. The lowest BCUT2D eigenvalue weighted by Gasteiger charge is -2.31. The molecule has 1 aliphatic rings. The molecular weight excluding hydrogens is 302 g/mol. The van der Waals surface area contributed by atoms with Gasteiger partial charge < -0.3 is 24.6 Å². The molecule has 0 spiro atoms. The van der Waals surface area contributed by atoms with Gasteiger partial charge in [-0.05, 0) is 12.0 Å². The van der Waals surface area contributed by atoms with Crippen molar-refractivity contribution in [2.45, 2.75) is 25.2 Å². The van der Waals surface area contributed by atoms with Crippen LogP contribution in [0.15, 0.2) is 30.3 Å². The molecule has 2 N–H and O–H groups in total. The minimum Gasteiger partial charge on any atom is -0.480 e. The fraction of sp³-hybridized carbons (Fsp3) is 0.500. The molecule has 2 atom stereocenters. The highest BCUT2D eigenvalue weighted by atomic mass is 16.5. The van der Waals surface area contributed by atoms with Gasteiger partial charge in [0.05, 0.1) is 25.4 Å². The number of nitrogens with one attached hydrogen (secondary N) is 1. The third-order valence-electron chi connectivity index (χ3n) is 3.40. The van der Waals surface area contributed by atoms with Crippen LogP contribution in [0.4, 0.5) is 0 Å². The summed E-state index contributed by atoms with van der Waals surface area (Å²) < 4.78 is 16.0. The first-order valence-corrected chi connectivity index (χ1v) is 7.47. The molecule has 0 aromatic heterocycles. The minimum absolute atomic E-state index is 0.0724. The summed E-state index contributed by atoms with van der Waals surface area (Å²) in [7, 11) is 0. The monoisotopic (exact) mass is 323 g/mol. The van der Waals surface area contributed by atoms with Crippen LogP contribution in [0.25, 0.3) is 0 Å². The van der Waals surface area contributed by atoms with Gasteiger partial charge in [0, 0.05) is 6.61 Å². The van der Waals surface area contributed by atoms with E-state index in [1.807, 2.05) is 30.3 Å². The smallest absolute Gasteiger partial charge is 0.329 e. The first-order chi connectivity index (χ1) is 11.1. The van der Waals surface area contributed by atoms with E-state index in [1.54, 1.807) is 0 Å². The Morgan fingerprint density at radius 1 is 1.26 bits per heavy atom. The third kappa shape index (κ3) is 6.35. The Morgan fingerprint density at radius 2 is 2.04 bits per heavy atom. The van der Waals surface area contributed by atoms with Crippen molar-refractivity contribution in [1.29, 1.82) is 0 Å². The zero-order valence-electron chi connectivity index (χ0n) is 12.8. The summed E-state index contributed by atoms with van der Waals surface area (Å²) in [5.41, 5.74) is 0.990. The Balaban J connectivity index is 1.72. The van der Waals surface area contributed by atoms with Crippen LogP contribution >= 0.6 is 0 Å². The summed E-state index contributed by atoms with van der Waals surface area (Å²) in [6.45, 7) is 0.683. The summed E-state index contributed by atoms with van der Waals surface area (Å²) in [5.74, 6) is -1.31. The number of amides is 1. The molecule has 1 aromatic carbocycles. The summed E-state index contributed by atoms with van der Waals surface area (Å²) in [4.78, 5) is 22.5. The lowest BCUT2D eigenvalue weighted by atomic mass is 10.1. The molecule has 1 fully saturated rings. The molecule has 1 amide bonds. The van der Waals surface area contributed by atoms with Gasteiger partial charge in [-0.2, -0.15) is 0 Å². The highest BCUT2D eigenvalue weighted by Crippen LogP contribution is 2.12. The molecule has 1 saturated heterocycles. The number of rotatable bonds is 8. The first kappa shape index (κ1) is 17.4. The van der Waals surface area contributed by atoms with E-state index in [-0.39, 0.29) is 31.3 Å². The van der Waals surface area contributed by atoms with E-state index in [0.29, 0.717) is 26.2 Å². The van der Waals surface area contributed by atoms with E-state index in [1.165, 1.54) is 0 Å². The van der Waals surface area contributed by atoms with Gasteiger partial charge in [-0.3, -0.25) is 4.79 Å². The van der Waals surface area contributed by atoms with Crippen LogP contribution < -0.4 is 5.32 Å². The second-order valence-corrected chi connectivity index (χ2v) is 5.26. The molecule has 7 heteroatoms. The van der Waals surface area contributed by atoms with Crippen molar-refractivity contribution >= 4 is 11.9 Å². The maximum absolute atomic E-state index is 11.9. The van der Waals surface area contributed by atoms with Crippen molar-refractivity contribution in [2.75, 3.05) is 26.4 Å². The van der Waals surface area contributed by atoms with E-state index < -0.39 is 5.97 Å². The second-order valence-electron chi connectivity index (χ2n) is 5.26. The molecule has 2 rings (SSSR count). The van der Waals surface area contributed by atoms with Gasteiger partial charge in [0.2, 0.25) is 5.91 Å². The topological polar surface area (TPSA) is 94.1 Å². The molecule has 0 bridgehead atoms. The summed E-state index contributed by atoms with van der Waals surface area (Å²) in [5, 5.41) is 11.4. The van der Waals surface area contributed by atoms with Gasteiger partial charge in [-0.15, -0.1) is 0 Å². The summed E-state index contributed by atoms with van der Waals surface area (Å²) in [6.07, 6.45) is 0.182. The second kappa shape index (κ2) is 9.24. The Morgan fingerprint density at radius 3 is 2.78 bits per heavy atom. The number of carbonyl (C=O) groups excluding carboxylic acids is 1. The van der Waals surface area contributed by atoms with Crippen molar-refractivity contribution in [2.24, 2.45) is 0 Å². The molecule has 1 aromatic rings. The number of aliphatic carboxylic acids is 1. The zero-order chi connectivity index (χ0) is 16.5. The van der Waals surface area contributed by atoms with Crippen LogP contribution in [0.1, 0.15) is 12.0 Å². The van der Waals surface area contributed by atoms with Gasteiger partial charge in [0.25, 0.3) is 0 Å². The number of hydrogen-bond donors (Lipinski definition) is 2. The quantitative estimate of drug-likeness (QED) is 0.727. The molecule has 0 aliphatic carbocycles. The fourth-order valence-electron chi connectivity index (χ4n) is 2.31. The van der Waals surface area contributed by atoms with Crippen LogP contribution in [0, 0.1) is 0 Å². The number of carbonyl (C=O) groups is 2. The average molecular weight is 323 g/mol. The van der Waals surface area contributed by atoms with Gasteiger partial charge in [-0.25, -0.2) is 4.79 Å². The number of benzene rings is 1. The predicted octanol–water partition coefficient (Wildman–Crippen LogP) is 0.578. The van der Waals surface area contributed by atoms with Gasteiger partial charge in [-0.1, -0.05) is 30.3 Å². The van der Waals surface area contributed by atoms with E-state index in [0.717, 1.165) is 5.56 Å². The van der Waals surface area contributed by atoms with E-state index in [9.17, 15) is 9.59 Å². The Hall–Kier alpha value is -1.96. The number of carboxylic acid groups (broad SMARTS) is 1. The Kier molecular flexibility index (Phi) is 6.99. The average Bonchev–Trinajstić information content (AvgIpc) is 2.55. The fourth-order valence-corrected chi connectivity index (χ4v) is 2.31. The standard InChI is InChI=1S/C16H21NO6/c18-15(10-22-8-12-4-2-1-3-5-12)17-13-9-21-7-6-14(13)23-11-16(19)20/h1-5,13-14H,6-11H2,(H,17,18)(H,19,20)/t13-,14+/m0/s1. The first-order valence-electron chi connectivity index (χ1n) is 7.47. The molecule has 1 aliphatic heterocycles. The maximum atomic E-state index is 11.9. The molecule has 0 unspecified atom stereocenters. The Labute approximate surface area is 134 Å². The summed E-state index contributed by atoms with van der Waals surface area (Å²) >= 11 is 0. The lowest BCUT2D eigenvalue weighted by Crippen LogP contribution is -2.51. The largest absolute Gasteiger partial charge is 0.480 e. The van der Waals surface area contributed by atoms with Crippen LogP contribution in [0.3, 0.4) is 0 Å². The SMILES string of the molecule is O=C(O)CO[C@@H]1CCOC[C@@H]1NC(=O)COCc1ccccc1. The van der Waals surface area contributed by atoms with Crippen molar-refractivity contribution in [3.63, 3.8) is 0 Å². The van der Waals surface area contributed by atoms with Crippen LogP contribution in [-0.2, 0) is 30.4 Å². The van der Waals surface area contributed by atoms with Crippen molar-refractivity contribution in [3.05, 3.63) is 35.9 Å². The maximum Gasteiger partial charge on any atom is 0.329 e. The van der Waals surface area contributed by atoms with Gasteiger partial charge in [0.15, 0.2) is 0 Å². The van der Waals surface area contributed by atoms with Crippen molar-refractivity contribution in [1.82, 2.24) is 5.32 Å². The van der Waals surface area contributed by atoms with Crippen LogP contribution in [-0.4, -0.2) is 55.6 Å². The normalized spacial score (nSPS) is 20.9. The predicted molar refractivity (Wildman–Crippen MR) is 80.8 cm³/mol. The van der Waals surface area contributed by atoms with Crippen LogP contribution in [0.5, 0.6) is 0 Å². The lowest BCUT2D eigenvalue weighted by molar-refractivity contribution is -0.148. The number of hydrogen-bond acceptors (Lipinski definition) is 5. The highest BCUT2D eigenvalue weighted by molar-refractivity contribution is 5.77. The van der Waals surface area contributed by atoms with Crippen molar-refractivity contribution in [3.8, 4) is 0 Å². The molecular formula is C16H21NO6. The summed E-state index contributed by atoms with van der Waals surface area (Å²) in [6, 6.07) is 9.20. The Bertz CT molecular complexity index is 507. The molecule has 23 heavy (non-hydrogen) atoms.